The molecule has 0 bridgehead atoms. The van der Waals surface area contributed by atoms with E-state index >= 15 is 0 Å². The number of ether oxygens (including phenoxy) is 2. The average molecular weight is 397 g/mol. The summed E-state index contributed by atoms with van der Waals surface area (Å²) in [6.45, 7) is 2.76. The van der Waals surface area contributed by atoms with Crippen molar-refractivity contribution in [2.45, 2.75) is 38.1 Å². The predicted molar refractivity (Wildman–Crippen MR) is 115 cm³/mol. The summed E-state index contributed by atoms with van der Waals surface area (Å²) in [5.74, 6) is 1.70. The van der Waals surface area contributed by atoms with E-state index in [1.807, 2.05) is 36.4 Å². The first-order valence-electron chi connectivity index (χ1n) is 10.5. The molecule has 156 valence electrons. The van der Waals surface area contributed by atoms with Gasteiger partial charge >= 0.3 is 0 Å². The predicted octanol–water partition coefficient (Wildman–Crippen LogP) is 3.98. The van der Waals surface area contributed by atoms with Crippen LogP contribution >= 0.6 is 0 Å². The van der Waals surface area contributed by atoms with Gasteiger partial charge in [0.25, 0.3) is 0 Å². The number of methoxy groups -OCH3 is 2. The van der Waals surface area contributed by atoms with Crippen molar-refractivity contribution in [1.29, 1.82) is 0 Å². The Balaban J connectivity index is 1.65. The molecule has 5 heteroatoms. The van der Waals surface area contributed by atoms with E-state index < -0.39 is 0 Å². The van der Waals surface area contributed by atoms with Crippen molar-refractivity contribution in [3.8, 4) is 11.5 Å². The van der Waals surface area contributed by atoms with Crippen molar-refractivity contribution in [1.82, 2.24) is 10.2 Å². The lowest BCUT2D eigenvalue weighted by atomic mass is 10.0. The summed E-state index contributed by atoms with van der Waals surface area (Å²) in [5.41, 5.74) is 2.21. The molecule has 5 nitrogen and oxygen atoms in total. The van der Waals surface area contributed by atoms with E-state index in [1.165, 1.54) is 31.2 Å². The van der Waals surface area contributed by atoms with Crippen molar-refractivity contribution in [2.75, 3.05) is 33.9 Å². The molecule has 0 spiro atoms. The molecule has 29 heavy (non-hydrogen) atoms. The molecular formula is C24H32N2O3. The molecule has 0 aromatic heterocycles. The first-order valence-corrected chi connectivity index (χ1v) is 10.5. The van der Waals surface area contributed by atoms with E-state index in [4.69, 9.17) is 9.47 Å². The van der Waals surface area contributed by atoms with Gasteiger partial charge in [0, 0.05) is 6.54 Å². The average Bonchev–Trinajstić information content (AvgIpc) is 3.04. The van der Waals surface area contributed by atoms with Gasteiger partial charge in [0.15, 0.2) is 0 Å². The van der Waals surface area contributed by atoms with Crippen LogP contribution in [-0.2, 0) is 11.2 Å². The highest BCUT2D eigenvalue weighted by Crippen LogP contribution is 2.25. The standard InChI is InChI=1S/C24H32N2O3/c1-28-21-11-7-19(8-12-21)17-24(27)25-18-23(26-15-5-3-4-6-16-26)20-9-13-22(29-2)14-10-20/h7-14,23H,3-6,15-18H2,1-2H3,(H,25,27). The van der Waals surface area contributed by atoms with Gasteiger partial charge in [0.2, 0.25) is 5.91 Å². The van der Waals surface area contributed by atoms with Gasteiger partial charge in [-0.25, -0.2) is 0 Å². The molecule has 1 heterocycles. The number of carbonyl (C=O) groups is 1. The molecule has 1 N–H and O–H groups in total. The maximum absolute atomic E-state index is 12.6. The molecule has 0 saturated carbocycles. The first-order chi connectivity index (χ1) is 14.2. The normalized spacial score (nSPS) is 15.9. The number of nitrogens with one attached hydrogen (secondary N) is 1. The van der Waals surface area contributed by atoms with Gasteiger partial charge in [-0.2, -0.15) is 0 Å². The van der Waals surface area contributed by atoms with Crippen molar-refractivity contribution in [3.63, 3.8) is 0 Å². The number of likely N-dealkylation sites (tertiary alicyclic amines) is 1. The number of rotatable bonds is 8. The molecule has 1 aliphatic rings. The highest BCUT2D eigenvalue weighted by molar-refractivity contribution is 5.78. The van der Waals surface area contributed by atoms with E-state index in [0.717, 1.165) is 30.2 Å². The Kier molecular flexibility index (Phi) is 7.94. The Labute approximate surface area is 174 Å². The topological polar surface area (TPSA) is 50.8 Å². The molecule has 1 atom stereocenters. The molecule has 1 fully saturated rings. The molecule has 1 unspecified atom stereocenters. The van der Waals surface area contributed by atoms with Crippen LogP contribution in [0.25, 0.3) is 0 Å². The van der Waals surface area contributed by atoms with Crippen LogP contribution < -0.4 is 14.8 Å². The molecule has 3 rings (SSSR count). The minimum atomic E-state index is 0.0449. The maximum Gasteiger partial charge on any atom is 0.224 e. The quantitative estimate of drug-likeness (QED) is 0.733. The van der Waals surface area contributed by atoms with Crippen LogP contribution in [0.2, 0.25) is 0 Å². The molecule has 1 saturated heterocycles. The minimum absolute atomic E-state index is 0.0449. The summed E-state index contributed by atoms with van der Waals surface area (Å²) in [6.07, 6.45) is 5.38. The van der Waals surface area contributed by atoms with Gasteiger partial charge < -0.3 is 14.8 Å². The Hall–Kier alpha value is -2.53. The lowest BCUT2D eigenvalue weighted by Gasteiger charge is -2.31. The summed E-state index contributed by atoms with van der Waals surface area (Å²) < 4.78 is 10.5. The monoisotopic (exact) mass is 396 g/mol. The third-order valence-electron chi connectivity index (χ3n) is 5.60. The Bertz CT molecular complexity index is 751. The first kappa shape index (κ1) is 21.2. The van der Waals surface area contributed by atoms with E-state index in [0.29, 0.717) is 13.0 Å². The van der Waals surface area contributed by atoms with Crippen molar-refractivity contribution < 1.29 is 14.3 Å². The smallest absolute Gasteiger partial charge is 0.224 e. The second-order valence-corrected chi connectivity index (χ2v) is 7.57. The molecule has 0 radical (unpaired) electrons. The summed E-state index contributed by atoms with van der Waals surface area (Å²) >= 11 is 0. The van der Waals surface area contributed by atoms with Gasteiger partial charge in [-0.3, -0.25) is 9.69 Å². The second-order valence-electron chi connectivity index (χ2n) is 7.57. The van der Waals surface area contributed by atoms with Crippen LogP contribution in [0.3, 0.4) is 0 Å². The van der Waals surface area contributed by atoms with Crippen LogP contribution in [0.1, 0.15) is 42.9 Å². The van der Waals surface area contributed by atoms with Crippen LogP contribution in [-0.4, -0.2) is 44.7 Å². The van der Waals surface area contributed by atoms with E-state index in [-0.39, 0.29) is 11.9 Å². The molecule has 1 aliphatic heterocycles. The van der Waals surface area contributed by atoms with Crippen LogP contribution in [0.4, 0.5) is 0 Å². The Morgan fingerprint density at radius 1 is 0.897 bits per heavy atom. The van der Waals surface area contributed by atoms with Crippen molar-refractivity contribution >= 4 is 5.91 Å². The van der Waals surface area contributed by atoms with E-state index in [1.54, 1.807) is 14.2 Å². The van der Waals surface area contributed by atoms with Gasteiger partial charge in [0.1, 0.15) is 11.5 Å². The number of carbonyl (C=O) groups excluding carboxylic acids is 1. The number of benzene rings is 2. The zero-order valence-electron chi connectivity index (χ0n) is 17.5. The lowest BCUT2D eigenvalue weighted by Crippen LogP contribution is -2.39. The second kappa shape index (κ2) is 10.9. The fourth-order valence-electron chi connectivity index (χ4n) is 3.89. The van der Waals surface area contributed by atoms with E-state index in [2.05, 4.69) is 22.3 Å². The highest BCUT2D eigenvalue weighted by Gasteiger charge is 2.22. The van der Waals surface area contributed by atoms with Gasteiger partial charge in [0.05, 0.1) is 26.7 Å². The highest BCUT2D eigenvalue weighted by atomic mass is 16.5. The van der Waals surface area contributed by atoms with E-state index in [9.17, 15) is 4.79 Å². The fourth-order valence-corrected chi connectivity index (χ4v) is 3.89. The Morgan fingerprint density at radius 3 is 2.00 bits per heavy atom. The van der Waals surface area contributed by atoms with Gasteiger partial charge in [-0.1, -0.05) is 37.1 Å². The van der Waals surface area contributed by atoms with Gasteiger partial charge in [-0.15, -0.1) is 0 Å². The maximum atomic E-state index is 12.6. The number of nitrogens with zero attached hydrogens (tertiary/aromatic N) is 1. The number of hydrogen-bond acceptors (Lipinski definition) is 4. The van der Waals surface area contributed by atoms with Crippen LogP contribution in [0.5, 0.6) is 11.5 Å². The zero-order valence-corrected chi connectivity index (χ0v) is 17.5. The summed E-state index contributed by atoms with van der Waals surface area (Å²) in [7, 11) is 3.32. The van der Waals surface area contributed by atoms with Crippen molar-refractivity contribution in [2.24, 2.45) is 0 Å². The summed E-state index contributed by atoms with van der Waals surface area (Å²) in [4.78, 5) is 15.1. The zero-order chi connectivity index (χ0) is 20.5. The van der Waals surface area contributed by atoms with Gasteiger partial charge in [-0.05, 0) is 61.3 Å². The molecule has 0 aliphatic carbocycles. The van der Waals surface area contributed by atoms with Crippen LogP contribution in [0, 0.1) is 0 Å². The fraction of sp³-hybridized carbons (Fsp3) is 0.458. The van der Waals surface area contributed by atoms with Crippen molar-refractivity contribution in [3.05, 3.63) is 59.7 Å². The summed E-state index contributed by atoms with van der Waals surface area (Å²) in [6, 6.07) is 16.1. The largest absolute Gasteiger partial charge is 0.497 e. The third kappa shape index (κ3) is 6.23. The number of amides is 1. The molecular weight excluding hydrogens is 364 g/mol. The SMILES string of the molecule is COc1ccc(CC(=O)NCC(c2ccc(OC)cc2)N2CCCCCC2)cc1. The Morgan fingerprint density at radius 2 is 1.45 bits per heavy atom. The van der Waals surface area contributed by atoms with Crippen LogP contribution in [0.15, 0.2) is 48.5 Å². The third-order valence-corrected chi connectivity index (χ3v) is 5.60. The number of hydrogen-bond donors (Lipinski definition) is 1. The molecule has 2 aromatic carbocycles. The lowest BCUT2D eigenvalue weighted by molar-refractivity contribution is -0.120. The molecule has 2 aromatic rings. The minimum Gasteiger partial charge on any atom is -0.497 e. The summed E-state index contributed by atoms with van der Waals surface area (Å²) in [5, 5.41) is 3.16. The molecule has 1 amide bonds.